The summed E-state index contributed by atoms with van der Waals surface area (Å²) < 4.78 is 44.1. The highest BCUT2D eigenvalue weighted by atomic mass is 19.4. The van der Waals surface area contributed by atoms with E-state index in [1.807, 2.05) is 13.8 Å². The topological polar surface area (TPSA) is 87.7 Å². The average molecular weight is 429 g/mol. The van der Waals surface area contributed by atoms with Crippen LogP contribution in [0.3, 0.4) is 0 Å². The van der Waals surface area contributed by atoms with Gasteiger partial charge in [-0.2, -0.15) is 13.2 Å². The molecular formula is C20H26F3N3O4. The molecule has 2 N–H and O–H groups in total. The number of likely N-dealkylation sites (tertiary alicyclic amines) is 1. The first kappa shape index (κ1) is 23.5. The summed E-state index contributed by atoms with van der Waals surface area (Å²) in [5, 5.41) is 5.17. The van der Waals surface area contributed by atoms with Gasteiger partial charge in [0.25, 0.3) is 0 Å². The Balaban J connectivity index is 2.03. The van der Waals surface area contributed by atoms with Gasteiger partial charge in [-0.15, -0.1) is 0 Å². The number of alkyl carbamates (subject to hydrolysis) is 1. The van der Waals surface area contributed by atoms with Gasteiger partial charge in [0.1, 0.15) is 6.04 Å². The number of benzene rings is 1. The van der Waals surface area contributed by atoms with Crippen LogP contribution in [-0.4, -0.2) is 48.5 Å². The number of carbonyl (C=O) groups is 3. The molecule has 0 aromatic heterocycles. The molecule has 1 heterocycles. The third kappa shape index (κ3) is 6.36. The van der Waals surface area contributed by atoms with Crippen LogP contribution in [0.15, 0.2) is 24.3 Å². The predicted molar refractivity (Wildman–Crippen MR) is 102 cm³/mol. The van der Waals surface area contributed by atoms with Gasteiger partial charge in [-0.1, -0.05) is 32.0 Å². The van der Waals surface area contributed by atoms with Crippen LogP contribution in [0.2, 0.25) is 0 Å². The Bertz CT molecular complexity index is 783. The molecule has 1 aliphatic rings. The highest BCUT2D eigenvalue weighted by molar-refractivity contribution is 5.87. The van der Waals surface area contributed by atoms with Gasteiger partial charge in [0, 0.05) is 19.5 Å². The molecule has 0 saturated carbocycles. The van der Waals surface area contributed by atoms with Crippen molar-refractivity contribution in [3.8, 4) is 0 Å². The van der Waals surface area contributed by atoms with Crippen LogP contribution in [0.4, 0.5) is 18.0 Å². The van der Waals surface area contributed by atoms with Gasteiger partial charge in [0.15, 0.2) is 0 Å². The van der Waals surface area contributed by atoms with E-state index in [-0.39, 0.29) is 36.9 Å². The van der Waals surface area contributed by atoms with Crippen molar-refractivity contribution in [2.45, 2.75) is 51.5 Å². The molecule has 1 aromatic carbocycles. The van der Waals surface area contributed by atoms with E-state index in [2.05, 4.69) is 15.4 Å². The third-order valence-electron chi connectivity index (χ3n) is 4.75. The molecule has 30 heavy (non-hydrogen) atoms. The first-order valence-corrected chi connectivity index (χ1v) is 9.59. The number of amides is 3. The van der Waals surface area contributed by atoms with E-state index in [1.54, 1.807) is 0 Å². The summed E-state index contributed by atoms with van der Waals surface area (Å²) >= 11 is 0. The number of nitrogens with zero attached hydrogens (tertiary/aromatic N) is 1. The lowest BCUT2D eigenvalue weighted by molar-refractivity contribution is -0.139. The zero-order valence-corrected chi connectivity index (χ0v) is 17.1. The van der Waals surface area contributed by atoms with Crippen LogP contribution < -0.4 is 10.6 Å². The van der Waals surface area contributed by atoms with Crippen LogP contribution in [0.5, 0.6) is 0 Å². The molecule has 7 nitrogen and oxygen atoms in total. The molecular weight excluding hydrogens is 403 g/mol. The van der Waals surface area contributed by atoms with Gasteiger partial charge < -0.3 is 20.3 Å². The summed E-state index contributed by atoms with van der Waals surface area (Å²) in [5.41, 5.74) is -0.792. The molecule has 0 radical (unpaired) electrons. The lowest BCUT2D eigenvalue weighted by atomic mass is 10.0. The van der Waals surface area contributed by atoms with Gasteiger partial charge in [0.05, 0.1) is 18.7 Å². The molecule has 0 unspecified atom stereocenters. The highest BCUT2D eigenvalue weighted by Crippen LogP contribution is 2.32. The fraction of sp³-hybridized carbons (Fsp3) is 0.550. The Hall–Kier alpha value is -2.78. The van der Waals surface area contributed by atoms with Gasteiger partial charge in [0.2, 0.25) is 11.8 Å². The number of hydrogen-bond acceptors (Lipinski definition) is 4. The summed E-state index contributed by atoms with van der Waals surface area (Å²) in [4.78, 5) is 37.7. The molecule has 3 amide bonds. The SMILES string of the molecule is COC(=O)N[C@@H](CC(C)C)C(=O)N[C@H]1CC(=O)N(Cc2ccccc2C(F)(F)F)C1. The summed E-state index contributed by atoms with van der Waals surface area (Å²) in [6.45, 7) is 3.66. The van der Waals surface area contributed by atoms with E-state index in [1.165, 1.54) is 30.2 Å². The van der Waals surface area contributed by atoms with E-state index in [4.69, 9.17) is 0 Å². The first-order valence-electron chi connectivity index (χ1n) is 9.59. The summed E-state index contributed by atoms with van der Waals surface area (Å²) in [7, 11) is 1.19. The molecule has 0 bridgehead atoms. The summed E-state index contributed by atoms with van der Waals surface area (Å²) in [6, 6.07) is 3.69. The molecule has 166 valence electrons. The third-order valence-corrected chi connectivity index (χ3v) is 4.75. The molecule has 1 fully saturated rings. The minimum absolute atomic E-state index is 0.00429. The minimum atomic E-state index is -4.52. The van der Waals surface area contributed by atoms with Gasteiger partial charge in [-0.05, 0) is 24.0 Å². The second-order valence-electron chi connectivity index (χ2n) is 7.66. The number of carbonyl (C=O) groups excluding carboxylic acids is 3. The van der Waals surface area contributed by atoms with Crippen molar-refractivity contribution in [2.75, 3.05) is 13.7 Å². The van der Waals surface area contributed by atoms with E-state index < -0.39 is 35.8 Å². The number of methoxy groups -OCH3 is 1. The fourth-order valence-electron chi connectivity index (χ4n) is 3.37. The lowest BCUT2D eigenvalue weighted by Gasteiger charge is -2.22. The lowest BCUT2D eigenvalue weighted by Crippen LogP contribution is -2.50. The Labute approximate surface area is 172 Å². The standard InChI is InChI=1S/C20H26F3N3O4/c1-12(2)8-16(25-19(29)30-3)18(28)24-14-9-17(27)26(11-14)10-13-6-4-5-7-15(13)20(21,22)23/h4-7,12,14,16H,8-11H2,1-3H3,(H,24,28)(H,25,29)/t14-,16-/m0/s1. The molecule has 1 saturated heterocycles. The van der Waals surface area contributed by atoms with E-state index in [0.29, 0.717) is 6.42 Å². The van der Waals surface area contributed by atoms with Crippen molar-refractivity contribution >= 4 is 17.9 Å². The summed E-state index contributed by atoms with van der Waals surface area (Å²) in [6.07, 6.45) is -4.92. The average Bonchev–Trinajstić information content (AvgIpc) is 2.99. The zero-order chi connectivity index (χ0) is 22.5. The highest BCUT2D eigenvalue weighted by Gasteiger charge is 2.36. The van der Waals surface area contributed by atoms with Gasteiger partial charge in [-0.25, -0.2) is 4.79 Å². The van der Waals surface area contributed by atoms with Gasteiger partial charge >= 0.3 is 12.3 Å². The number of ether oxygens (including phenoxy) is 1. The smallest absolute Gasteiger partial charge is 0.416 e. The fourth-order valence-corrected chi connectivity index (χ4v) is 3.37. The zero-order valence-electron chi connectivity index (χ0n) is 17.1. The maximum absolute atomic E-state index is 13.2. The van der Waals surface area contributed by atoms with Crippen molar-refractivity contribution in [1.82, 2.24) is 15.5 Å². The predicted octanol–water partition coefficient (Wildman–Crippen LogP) is 2.69. The Morgan fingerprint density at radius 1 is 1.27 bits per heavy atom. The van der Waals surface area contributed by atoms with Crippen molar-refractivity contribution in [1.29, 1.82) is 0 Å². The molecule has 1 aliphatic heterocycles. The maximum Gasteiger partial charge on any atom is 0.416 e. The second kappa shape index (κ2) is 9.82. The molecule has 10 heteroatoms. The van der Waals surface area contributed by atoms with Gasteiger partial charge in [-0.3, -0.25) is 9.59 Å². The van der Waals surface area contributed by atoms with E-state index in [9.17, 15) is 27.6 Å². The Morgan fingerprint density at radius 3 is 2.53 bits per heavy atom. The molecule has 0 spiro atoms. The number of rotatable bonds is 7. The molecule has 2 atom stereocenters. The van der Waals surface area contributed by atoms with Crippen molar-refractivity contribution in [3.05, 3.63) is 35.4 Å². The molecule has 2 rings (SSSR count). The largest absolute Gasteiger partial charge is 0.453 e. The van der Waals surface area contributed by atoms with Crippen molar-refractivity contribution < 1.29 is 32.3 Å². The molecule has 1 aromatic rings. The number of hydrogen-bond donors (Lipinski definition) is 2. The Kier molecular flexibility index (Phi) is 7.69. The first-order chi connectivity index (χ1) is 14.0. The van der Waals surface area contributed by atoms with Crippen molar-refractivity contribution in [3.63, 3.8) is 0 Å². The Morgan fingerprint density at radius 2 is 1.93 bits per heavy atom. The van der Waals surface area contributed by atoms with Crippen LogP contribution in [0.25, 0.3) is 0 Å². The maximum atomic E-state index is 13.2. The van der Waals surface area contributed by atoms with E-state index >= 15 is 0 Å². The van der Waals surface area contributed by atoms with Crippen molar-refractivity contribution in [2.24, 2.45) is 5.92 Å². The summed E-state index contributed by atoms with van der Waals surface area (Å²) in [5.74, 6) is -0.707. The van der Waals surface area contributed by atoms with Crippen LogP contribution in [-0.2, 0) is 27.0 Å². The minimum Gasteiger partial charge on any atom is -0.453 e. The number of alkyl halides is 3. The van der Waals surface area contributed by atoms with Crippen LogP contribution in [0, 0.1) is 5.92 Å². The number of nitrogens with one attached hydrogen (secondary N) is 2. The second-order valence-corrected chi connectivity index (χ2v) is 7.66. The quantitative estimate of drug-likeness (QED) is 0.698. The number of halogens is 3. The van der Waals surface area contributed by atoms with Crippen LogP contribution in [0.1, 0.15) is 37.8 Å². The van der Waals surface area contributed by atoms with E-state index in [0.717, 1.165) is 6.07 Å². The van der Waals surface area contributed by atoms with Crippen LogP contribution >= 0.6 is 0 Å². The monoisotopic (exact) mass is 429 g/mol. The molecule has 0 aliphatic carbocycles. The normalized spacial score (nSPS) is 17.8.